The molecule has 1 saturated heterocycles. The summed E-state index contributed by atoms with van der Waals surface area (Å²) in [5, 5.41) is 7.42. The van der Waals surface area contributed by atoms with Crippen LogP contribution in [0.4, 0.5) is 10.3 Å². The number of pyridine rings is 1. The molecule has 33 heavy (non-hydrogen) atoms. The fourth-order valence-electron chi connectivity index (χ4n) is 5.88. The summed E-state index contributed by atoms with van der Waals surface area (Å²) in [7, 11) is 0. The Morgan fingerprint density at radius 1 is 1.21 bits per heavy atom. The Balaban J connectivity index is 1.08. The molecular formula is C25H30FN5O2. The number of hydrogen-bond donors (Lipinski definition) is 1. The molecule has 3 aliphatic carbocycles. The van der Waals surface area contributed by atoms with Gasteiger partial charge in [-0.1, -0.05) is 12.1 Å². The van der Waals surface area contributed by atoms with Crippen LogP contribution in [-0.2, 0) is 9.59 Å². The zero-order valence-electron chi connectivity index (χ0n) is 18.8. The van der Waals surface area contributed by atoms with Gasteiger partial charge in [-0.05, 0) is 63.5 Å². The van der Waals surface area contributed by atoms with Gasteiger partial charge in [0.25, 0.3) is 0 Å². The average molecular weight is 452 g/mol. The topological polar surface area (TPSA) is 79.6 Å². The molecule has 4 aliphatic rings. The van der Waals surface area contributed by atoms with Crippen LogP contribution in [0.25, 0.3) is 5.65 Å². The molecule has 3 heterocycles. The van der Waals surface area contributed by atoms with Crippen molar-refractivity contribution in [1.29, 1.82) is 0 Å². The van der Waals surface area contributed by atoms with Crippen LogP contribution in [-0.4, -0.2) is 50.1 Å². The van der Waals surface area contributed by atoms with Gasteiger partial charge in [-0.15, -0.1) is 11.7 Å². The summed E-state index contributed by atoms with van der Waals surface area (Å²) >= 11 is 0. The van der Waals surface area contributed by atoms with Crippen molar-refractivity contribution in [1.82, 2.24) is 19.5 Å². The first-order chi connectivity index (χ1) is 15.9. The Bertz CT molecular complexity index is 1130. The van der Waals surface area contributed by atoms with Crippen molar-refractivity contribution in [2.75, 3.05) is 18.4 Å². The van der Waals surface area contributed by atoms with Crippen LogP contribution < -0.4 is 5.32 Å². The first-order valence-electron chi connectivity index (χ1n) is 12.1. The molecule has 2 amide bonds. The number of likely N-dealkylation sites (tertiary alicyclic amines) is 1. The van der Waals surface area contributed by atoms with E-state index in [1.165, 1.54) is 0 Å². The molecule has 6 rings (SSSR count). The third kappa shape index (κ3) is 3.63. The highest BCUT2D eigenvalue weighted by Crippen LogP contribution is 2.54. The molecule has 1 aliphatic heterocycles. The lowest BCUT2D eigenvalue weighted by atomic mass is 9.65. The standard InChI is InChI=1S/C25H30FN5O2/c1-2-10-25(26)13-18(25)22(33)30-14-24(15-30)11-8-16(9-12-24)19-4-3-5-20-27-23(29-31(19)20)28-21(32)17-6-7-17/h2-5,16-18H,1,6-15H2,(H,28,29,32). The molecule has 0 radical (unpaired) electrons. The Morgan fingerprint density at radius 3 is 2.67 bits per heavy atom. The summed E-state index contributed by atoms with van der Waals surface area (Å²) < 4.78 is 16.4. The third-order valence-electron chi connectivity index (χ3n) is 8.19. The van der Waals surface area contributed by atoms with Gasteiger partial charge in [0.2, 0.25) is 17.8 Å². The fraction of sp³-hybridized carbons (Fsp3) is 0.600. The second-order valence-electron chi connectivity index (χ2n) is 10.7. The van der Waals surface area contributed by atoms with E-state index in [9.17, 15) is 14.0 Å². The van der Waals surface area contributed by atoms with Gasteiger partial charge in [0, 0.05) is 36.0 Å². The molecule has 1 N–H and O–H groups in total. The van der Waals surface area contributed by atoms with Crippen LogP contribution in [0.5, 0.6) is 0 Å². The summed E-state index contributed by atoms with van der Waals surface area (Å²) in [6, 6.07) is 6.02. The monoisotopic (exact) mass is 451 g/mol. The Kier molecular flexibility index (Phi) is 4.65. The molecule has 0 aromatic carbocycles. The number of halogens is 1. The molecule has 3 saturated carbocycles. The van der Waals surface area contributed by atoms with Crippen LogP contribution in [0.15, 0.2) is 30.9 Å². The maximum absolute atomic E-state index is 14.5. The zero-order valence-corrected chi connectivity index (χ0v) is 18.8. The molecule has 2 aromatic rings. The second-order valence-corrected chi connectivity index (χ2v) is 10.7. The number of allylic oxidation sites excluding steroid dienone is 1. The molecule has 7 nitrogen and oxygen atoms in total. The minimum Gasteiger partial charge on any atom is -0.341 e. The second kappa shape index (κ2) is 7.37. The summed E-state index contributed by atoms with van der Waals surface area (Å²) in [6.45, 7) is 5.12. The molecule has 8 heteroatoms. The van der Waals surface area contributed by atoms with E-state index in [4.69, 9.17) is 0 Å². The molecule has 2 atom stereocenters. The predicted molar refractivity (Wildman–Crippen MR) is 121 cm³/mol. The number of carbonyl (C=O) groups excluding carboxylic acids is 2. The number of rotatable bonds is 6. The average Bonchev–Trinajstić information content (AvgIpc) is 3.69. The van der Waals surface area contributed by atoms with Crippen LogP contribution in [0.3, 0.4) is 0 Å². The van der Waals surface area contributed by atoms with Crippen molar-refractivity contribution >= 4 is 23.4 Å². The lowest BCUT2D eigenvalue weighted by Gasteiger charge is -2.53. The number of nitrogens with zero attached hydrogens (tertiary/aromatic N) is 4. The van der Waals surface area contributed by atoms with Crippen molar-refractivity contribution in [3.63, 3.8) is 0 Å². The van der Waals surface area contributed by atoms with Gasteiger partial charge < -0.3 is 4.90 Å². The van der Waals surface area contributed by atoms with Gasteiger partial charge in [-0.25, -0.2) is 8.91 Å². The van der Waals surface area contributed by atoms with E-state index in [1.807, 2.05) is 21.5 Å². The molecule has 2 aromatic heterocycles. The van der Waals surface area contributed by atoms with Crippen molar-refractivity contribution in [2.24, 2.45) is 17.3 Å². The van der Waals surface area contributed by atoms with E-state index < -0.39 is 11.6 Å². The third-order valence-corrected chi connectivity index (χ3v) is 8.19. The maximum Gasteiger partial charge on any atom is 0.249 e. The molecule has 4 fully saturated rings. The van der Waals surface area contributed by atoms with Crippen LogP contribution in [0.2, 0.25) is 0 Å². The number of amides is 2. The lowest BCUT2D eigenvalue weighted by molar-refractivity contribution is -0.148. The number of fused-ring (bicyclic) bond motifs is 1. The Labute approximate surface area is 192 Å². The largest absolute Gasteiger partial charge is 0.341 e. The van der Waals surface area contributed by atoms with Gasteiger partial charge in [0.15, 0.2) is 5.65 Å². The lowest BCUT2D eigenvalue weighted by Crippen LogP contribution is -2.60. The quantitative estimate of drug-likeness (QED) is 0.677. The summed E-state index contributed by atoms with van der Waals surface area (Å²) in [4.78, 5) is 31.1. The maximum atomic E-state index is 14.5. The van der Waals surface area contributed by atoms with E-state index in [1.54, 1.807) is 6.08 Å². The van der Waals surface area contributed by atoms with Crippen molar-refractivity contribution in [3.05, 3.63) is 36.5 Å². The minimum atomic E-state index is -1.35. The molecule has 0 bridgehead atoms. The van der Waals surface area contributed by atoms with Crippen LogP contribution >= 0.6 is 0 Å². The van der Waals surface area contributed by atoms with Crippen molar-refractivity contribution in [2.45, 2.75) is 63.0 Å². The van der Waals surface area contributed by atoms with Gasteiger partial charge >= 0.3 is 0 Å². The molecule has 174 valence electrons. The number of anilines is 1. The van der Waals surface area contributed by atoms with Gasteiger partial charge in [-0.2, -0.15) is 4.98 Å². The number of hydrogen-bond acceptors (Lipinski definition) is 4. The summed E-state index contributed by atoms with van der Waals surface area (Å²) in [5.41, 5.74) is 0.696. The zero-order chi connectivity index (χ0) is 22.8. The van der Waals surface area contributed by atoms with Crippen molar-refractivity contribution in [3.8, 4) is 0 Å². The van der Waals surface area contributed by atoms with E-state index >= 15 is 0 Å². The Hall–Kier alpha value is -2.77. The first-order valence-corrected chi connectivity index (χ1v) is 12.1. The van der Waals surface area contributed by atoms with Gasteiger partial charge in [-0.3, -0.25) is 14.9 Å². The summed E-state index contributed by atoms with van der Waals surface area (Å²) in [6.07, 6.45) is 8.23. The number of nitrogens with one attached hydrogen (secondary N) is 1. The Morgan fingerprint density at radius 2 is 1.97 bits per heavy atom. The first kappa shape index (κ1) is 20.8. The predicted octanol–water partition coefficient (Wildman–Crippen LogP) is 3.87. The normalized spacial score (nSPS) is 28.5. The number of alkyl halides is 1. The highest BCUT2D eigenvalue weighted by atomic mass is 19.1. The van der Waals surface area contributed by atoms with Gasteiger partial charge in [0.1, 0.15) is 5.67 Å². The molecule has 1 spiro atoms. The fourth-order valence-corrected chi connectivity index (χ4v) is 5.88. The molecular weight excluding hydrogens is 421 g/mol. The highest BCUT2D eigenvalue weighted by molar-refractivity contribution is 5.92. The van der Waals surface area contributed by atoms with Crippen LogP contribution in [0, 0.1) is 17.3 Å². The highest BCUT2D eigenvalue weighted by Gasteiger charge is 2.61. The number of aromatic nitrogens is 3. The number of carbonyl (C=O) groups is 2. The van der Waals surface area contributed by atoms with Crippen molar-refractivity contribution < 1.29 is 14.0 Å². The van der Waals surface area contributed by atoms with Crippen LogP contribution in [0.1, 0.15) is 63.0 Å². The van der Waals surface area contributed by atoms with E-state index in [0.29, 0.717) is 18.3 Å². The minimum absolute atomic E-state index is 0.0110. The van der Waals surface area contributed by atoms with E-state index in [0.717, 1.165) is 63.0 Å². The molecule has 2 unspecified atom stereocenters. The van der Waals surface area contributed by atoms with Gasteiger partial charge in [0.05, 0.1) is 5.92 Å². The van der Waals surface area contributed by atoms with E-state index in [2.05, 4.69) is 28.0 Å². The van der Waals surface area contributed by atoms with E-state index in [-0.39, 0.29) is 29.6 Å². The summed E-state index contributed by atoms with van der Waals surface area (Å²) in [5.74, 6) is 0.385. The smallest absolute Gasteiger partial charge is 0.249 e. The SMILES string of the molecule is C=CCC1(F)CC1C(=O)N1CC2(CCC(c3cccc4nc(NC(=O)C5CC5)nn34)CC2)C1.